The smallest absolute Gasteiger partial charge is 0.297 e. The van der Waals surface area contributed by atoms with Crippen LogP contribution in [0.4, 0.5) is 5.69 Å². The number of Topliss-reactive ketones (excluding diaryl/α,β-unsaturated/α-hetero) is 2. The van der Waals surface area contributed by atoms with Crippen LogP contribution in [0.2, 0.25) is 5.02 Å². The molecule has 0 aliphatic carbocycles. The third-order valence-corrected chi connectivity index (χ3v) is 3.40. The Morgan fingerprint density at radius 2 is 1.89 bits per heavy atom. The van der Waals surface area contributed by atoms with E-state index in [2.05, 4.69) is 0 Å². The van der Waals surface area contributed by atoms with Gasteiger partial charge in [-0.15, -0.1) is 0 Å². The second-order valence-corrected chi connectivity index (χ2v) is 5.93. The van der Waals surface area contributed by atoms with Crippen LogP contribution in [0.15, 0.2) is 18.2 Å². The van der Waals surface area contributed by atoms with E-state index in [1.165, 1.54) is 4.90 Å². The number of hydrogen-bond acceptors (Lipinski definition) is 3. The number of amides is 1. The van der Waals surface area contributed by atoms with Crippen molar-refractivity contribution in [1.29, 1.82) is 0 Å². The number of benzene rings is 1. The maximum absolute atomic E-state index is 12.0. The van der Waals surface area contributed by atoms with Crippen molar-refractivity contribution in [2.45, 2.75) is 20.8 Å². The highest BCUT2D eigenvalue weighted by atomic mass is 35.5. The zero-order valence-corrected chi connectivity index (χ0v) is 11.7. The summed E-state index contributed by atoms with van der Waals surface area (Å²) in [6, 6.07) is 4.84. The summed E-state index contributed by atoms with van der Waals surface area (Å²) in [6.45, 7) is 5.21. The van der Waals surface area contributed by atoms with Crippen LogP contribution >= 0.6 is 11.6 Å². The average molecular weight is 280 g/mol. The Morgan fingerprint density at radius 3 is 2.47 bits per heavy atom. The van der Waals surface area contributed by atoms with Crippen LogP contribution in [0.3, 0.4) is 0 Å². The quantitative estimate of drug-likeness (QED) is 0.782. The fraction of sp³-hybridized carbons (Fsp3) is 0.357. The molecule has 0 N–H and O–H groups in total. The topological polar surface area (TPSA) is 54.5 Å². The number of carbonyl (C=O) groups excluding carboxylic acids is 3. The van der Waals surface area contributed by atoms with Gasteiger partial charge in [0.15, 0.2) is 5.78 Å². The first-order chi connectivity index (χ1) is 8.73. The van der Waals surface area contributed by atoms with Crippen molar-refractivity contribution in [3.05, 3.63) is 28.8 Å². The first-order valence-electron chi connectivity index (χ1n) is 5.91. The van der Waals surface area contributed by atoms with Gasteiger partial charge in [-0.05, 0) is 12.1 Å². The molecule has 1 heterocycles. The molecular weight excluding hydrogens is 266 g/mol. The normalized spacial score (nSPS) is 14.8. The fourth-order valence-corrected chi connectivity index (χ4v) is 2.09. The molecule has 19 heavy (non-hydrogen) atoms. The predicted molar refractivity (Wildman–Crippen MR) is 72.6 cm³/mol. The molecule has 0 fully saturated rings. The number of fused-ring (bicyclic) bond motifs is 1. The number of rotatable bonds is 2. The summed E-state index contributed by atoms with van der Waals surface area (Å²) in [5.41, 5.74) is 0.0426. The van der Waals surface area contributed by atoms with Crippen molar-refractivity contribution < 1.29 is 14.4 Å². The van der Waals surface area contributed by atoms with Gasteiger partial charge in [0.25, 0.3) is 11.7 Å². The van der Waals surface area contributed by atoms with Gasteiger partial charge in [0.1, 0.15) is 0 Å². The molecule has 1 aromatic carbocycles. The van der Waals surface area contributed by atoms with E-state index in [1.54, 1.807) is 39.0 Å². The van der Waals surface area contributed by atoms with Gasteiger partial charge < -0.3 is 0 Å². The number of hydrogen-bond donors (Lipinski definition) is 0. The van der Waals surface area contributed by atoms with Crippen molar-refractivity contribution in [3.63, 3.8) is 0 Å². The van der Waals surface area contributed by atoms with E-state index in [9.17, 15) is 14.4 Å². The van der Waals surface area contributed by atoms with E-state index in [-0.39, 0.29) is 22.9 Å². The fourth-order valence-electron chi connectivity index (χ4n) is 1.84. The minimum atomic E-state index is -0.694. The Balaban J connectivity index is 2.40. The Labute approximate surface area is 116 Å². The maximum atomic E-state index is 12.0. The molecule has 0 unspecified atom stereocenters. The number of carbonyl (C=O) groups is 3. The lowest BCUT2D eigenvalue weighted by Gasteiger charge is -2.22. The zero-order chi connectivity index (χ0) is 14.4. The molecule has 0 saturated carbocycles. The number of nitrogens with zero attached hydrogens (tertiary/aromatic N) is 1. The summed E-state index contributed by atoms with van der Waals surface area (Å²) in [6.07, 6.45) is 0. The Hall–Kier alpha value is -1.68. The monoisotopic (exact) mass is 279 g/mol. The molecule has 4 nitrogen and oxygen atoms in total. The first kappa shape index (κ1) is 13.7. The van der Waals surface area contributed by atoms with E-state index < -0.39 is 17.1 Å². The van der Waals surface area contributed by atoms with E-state index >= 15 is 0 Å². The molecule has 0 radical (unpaired) electrons. The van der Waals surface area contributed by atoms with E-state index in [0.29, 0.717) is 5.69 Å². The third-order valence-electron chi connectivity index (χ3n) is 3.09. The van der Waals surface area contributed by atoms with Crippen LogP contribution in [0.1, 0.15) is 31.1 Å². The van der Waals surface area contributed by atoms with Crippen molar-refractivity contribution >= 4 is 34.8 Å². The number of ketones is 2. The lowest BCUT2D eigenvalue weighted by atomic mass is 9.90. The van der Waals surface area contributed by atoms with Gasteiger partial charge in [-0.25, -0.2) is 0 Å². The molecule has 0 saturated heterocycles. The molecule has 0 spiro atoms. The first-order valence-corrected chi connectivity index (χ1v) is 6.29. The largest absolute Gasteiger partial charge is 0.299 e. The Morgan fingerprint density at radius 1 is 1.26 bits per heavy atom. The van der Waals surface area contributed by atoms with Crippen LogP contribution in [0, 0.1) is 5.41 Å². The number of anilines is 1. The number of halogens is 1. The van der Waals surface area contributed by atoms with Gasteiger partial charge in [0.05, 0.1) is 22.8 Å². The molecule has 1 amide bonds. The Bertz CT molecular complexity index is 587. The van der Waals surface area contributed by atoms with E-state index in [1.807, 2.05) is 0 Å². The summed E-state index contributed by atoms with van der Waals surface area (Å²) in [7, 11) is 0. The van der Waals surface area contributed by atoms with Crippen LogP contribution in [0.5, 0.6) is 0 Å². The van der Waals surface area contributed by atoms with E-state index in [0.717, 1.165) is 0 Å². The highest BCUT2D eigenvalue weighted by molar-refractivity contribution is 6.55. The highest BCUT2D eigenvalue weighted by Crippen LogP contribution is 2.34. The van der Waals surface area contributed by atoms with Crippen LogP contribution in [0.25, 0.3) is 0 Å². The van der Waals surface area contributed by atoms with Crippen molar-refractivity contribution in [2.24, 2.45) is 5.41 Å². The van der Waals surface area contributed by atoms with Crippen LogP contribution < -0.4 is 4.90 Å². The minimum absolute atomic E-state index is 0.110. The van der Waals surface area contributed by atoms with Crippen molar-refractivity contribution in [1.82, 2.24) is 0 Å². The molecule has 1 aliphatic rings. The summed E-state index contributed by atoms with van der Waals surface area (Å²) >= 11 is 5.94. The highest BCUT2D eigenvalue weighted by Gasteiger charge is 2.39. The second-order valence-electron chi connectivity index (χ2n) is 5.53. The van der Waals surface area contributed by atoms with Crippen LogP contribution in [-0.4, -0.2) is 24.0 Å². The summed E-state index contributed by atoms with van der Waals surface area (Å²) in [5, 5.41) is 0.238. The van der Waals surface area contributed by atoms with E-state index in [4.69, 9.17) is 11.6 Å². The summed E-state index contributed by atoms with van der Waals surface area (Å²) < 4.78 is 0. The van der Waals surface area contributed by atoms with Gasteiger partial charge in [-0.1, -0.05) is 38.4 Å². The molecule has 0 atom stereocenters. The lowest BCUT2D eigenvalue weighted by Crippen LogP contribution is -2.39. The van der Waals surface area contributed by atoms with Gasteiger partial charge in [0.2, 0.25) is 0 Å². The second kappa shape index (κ2) is 4.46. The molecule has 1 aromatic rings. The third kappa shape index (κ3) is 2.28. The average Bonchev–Trinajstić information content (AvgIpc) is 2.54. The molecule has 5 heteroatoms. The minimum Gasteiger partial charge on any atom is -0.297 e. The van der Waals surface area contributed by atoms with Crippen LogP contribution in [-0.2, 0) is 9.59 Å². The summed E-state index contributed by atoms with van der Waals surface area (Å²) in [4.78, 5) is 37.0. The molecular formula is C14H14ClNO3. The molecule has 1 aliphatic heterocycles. The van der Waals surface area contributed by atoms with Crippen molar-refractivity contribution in [3.8, 4) is 0 Å². The van der Waals surface area contributed by atoms with Crippen molar-refractivity contribution in [2.75, 3.05) is 11.4 Å². The van der Waals surface area contributed by atoms with Gasteiger partial charge >= 0.3 is 0 Å². The Kier molecular flexibility index (Phi) is 3.22. The summed E-state index contributed by atoms with van der Waals surface area (Å²) in [5.74, 6) is -1.45. The van der Waals surface area contributed by atoms with Gasteiger partial charge in [-0.2, -0.15) is 0 Å². The predicted octanol–water partition coefficient (Wildman–Crippen LogP) is 2.48. The molecule has 0 aromatic heterocycles. The standard InChI is InChI=1S/C14H14ClNO3/c1-14(2,3)10(17)7-16-9-6-4-5-8(15)11(9)12(18)13(16)19/h4-6H,7H2,1-3H3. The lowest BCUT2D eigenvalue weighted by molar-refractivity contribution is -0.126. The zero-order valence-electron chi connectivity index (χ0n) is 11.0. The maximum Gasteiger partial charge on any atom is 0.299 e. The van der Waals surface area contributed by atoms with Gasteiger partial charge in [0, 0.05) is 5.41 Å². The molecule has 0 bridgehead atoms. The SMILES string of the molecule is CC(C)(C)C(=O)CN1C(=O)C(=O)c2c(Cl)cccc21. The van der Waals surface area contributed by atoms with Gasteiger partial charge in [-0.3, -0.25) is 19.3 Å². The molecule has 2 rings (SSSR count). The molecule has 100 valence electrons.